The highest BCUT2D eigenvalue weighted by molar-refractivity contribution is 8.00. The predicted octanol–water partition coefficient (Wildman–Crippen LogP) is 4.88. The molecule has 0 fully saturated rings. The van der Waals surface area contributed by atoms with Gasteiger partial charge in [-0.2, -0.15) is 4.98 Å². The summed E-state index contributed by atoms with van der Waals surface area (Å²) in [6.07, 6.45) is 3.06. The topological polar surface area (TPSA) is 47.0 Å². The molecule has 2 aromatic carbocycles. The van der Waals surface area contributed by atoms with E-state index >= 15 is 0 Å². The molecule has 1 aliphatic carbocycles. The van der Waals surface area contributed by atoms with E-state index in [-0.39, 0.29) is 0 Å². The molecule has 0 atom stereocenters. The molecule has 120 valence electrons. The second kappa shape index (κ2) is 6.93. The van der Waals surface area contributed by atoms with Gasteiger partial charge in [0.15, 0.2) is 0 Å². The van der Waals surface area contributed by atoms with Crippen LogP contribution in [-0.4, -0.2) is 9.97 Å². The van der Waals surface area contributed by atoms with E-state index in [1.165, 1.54) is 11.9 Å². The van der Waals surface area contributed by atoms with Gasteiger partial charge in [0.1, 0.15) is 5.75 Å². The lowest BCUT2D eigenvalue weighted by Crippen LogP contribution is -2.02. The van der Waals surface area contributed by atoms with Crippen LogP contribution >= 0.6 is 11.9 Å². The molecule has 0 amide bonds. The number of anilines is 1. The summed E-state index contributed by atoms with van der Waals surface area (Å²) in [7, 11) is 0. The molecule has 1 heterocycles. The lowest BCUT2D eigenvalue weighted by Gasteiger charge is -2.11. The minimum absolute atomic E-state index is 0.593. The summed E-state index contributed by atoms with van der Waals surface area (Å²) in [4.78, 5) is 10.4. The van der Waals surface area contributed by atoms with Gasteiger partial charge in [0.2, 0.25) is 11.8 Å². The van der Waals surface area contributed by atoms with Gasteiger partial charge in [-0.3, -0.25) is 4.72 Å². The Morgan fingerprint density at radius 3 is 2.42 bits per heavy atom. The number of rotatable bonds is 5. The Morgan fingerprint density at radius 1 is 0.875 bits per heavy atom. The molecule has 4 nitrogen and oxygen atoms in total. The zero-order chi connectivity index (χ0) is 16.2. The number of benzene rings is 2. The highest BCUT2D eigenvalue weighted by Crippen LogP contribution is 2.33. The van der Waals surface area contributed by atoms with Crippen molar-refractivity contribution < 1.29 is 4.74 Å². The maximum Gasteiger partial charge on any atom is 0.236 e. The number of aryl methyl sites for hydroxylation is 1. The number of aromatic nitrogens is 2. The predicted molar refractivity (Wildman–Crippen MR) is 96.5 cm³/mol. The molecule has 5 heteroatoms. The van der Waals surface area contributed by atoms with E-state index in [0.29, 0.717) is 11.8 Å². The van der Waals surface area contributed by atoms with Gasteiger partial charge in [-0.1, -0.05) is 36.4 Å². The molecule has 1 N–H and O–H groups in total. The smallest absolute Gasteiger partial charge is 0.236 e. The van der Waals surface area contributed by atoms with E-state index in [9.17, 15) is 0 Å². The molecule has 0 radical (unpaired) electrons. The lowest BCUT2D eigenvalue weighted by atomic mass is 10.2. The fourth-order valence-electron chi connectivity index (χ4n) is 2.72. The third-order valence-corrected chi connectivity index (χ3v) is 4.65. The van der Waals surface area contributed by atoms with E-state index in [1.807, 2.05) is 60.7 Å². The molecule has 0 saturated carbocycles. The molecule has 1 aliphatic rings. The highest BCUT2D eigenvalue weighted by Gasteiger charge is 2.21. The van der Waals surface area contributed by atoms with Gasteiger partial charge in [-0.25, -0.2) is 4.98 Å². The molecular weight excluding hydrogens is 318 g/mol. The number of nitrogens with zero attached hydrogens (tertiary/aromatic N) is 2. The maximum atomic E-state index is 6.01. The number of hydrogen-bond donors (Lipinski definition) is 1. The number of fused-ring (bicyclic) bond motifs is 1. The summed E-state index contributed by atoms with van der Waals surface area (Å²) in [5.41, 5.74) is 2.22. The fraction of sp³-hybridized carbons (Fsp3) is 0.158. The Balaban J connectivity index is 1.58. The van der Waals surface area contributed by atoms with Gasteiger partial charge >= 0.3 is 0 Å². The van der Waals surface area contributed by atoms with E-state index in [1.54, 1.807) is 0 Å². The first-order valence-electron chi connectivity index (χ1n) is 7.99. The Morgan fingerprint density at radius 2 is 1.62 bits per heavy atom. The average molecular weight is 335 g/mol. The van der Waals surface area contributed by atoms with E-state index < -0.39 is 0 Å². The Labute approximate surface area is 145 Å². The third kappa shape index (κ3) is 3.36. The van der Waals surface area contributed by atoms with Crippen molar-refractivity contribution in [1.29, 1.82) is 0 Å². The van der Waals surface area contributed by atoms with Crippen LogP contribution in [-0.2, 0) is 12.8 Å². The summed E-state index contributed by atoms with van der Waals surface area (Å²) >= 11 is 1.50. The summed E-state index contributed by atoms with van der Waals surface area (Å²) in [5, 5.41) is 0. The zero-order valence-corrected chi connectivity index (χ0v) is 13.9. The summed E-state index contributed by atoms with van der Waals surface area (Å²) in [6.45, 7) is 0. The minimum Gasteiger partial charge on any atom is -0.439 e. The summed E-state index contributed by atoms with van der Waals surface area (Å²) in [6, 6.07) is 19.9. The van der Waals surface area contributed by atoms with Crippen LogP contribution in [0.1, 0.15) is 17.7 Å². The van der Waals surface area contributed by atoms with Crippen molar-refractivity contribution in [1.82, 2.24) is 9.97 Å². The number of hydrogen-bond acceptors (Lipinski definition) is 5. The van der Waals surface area contributed by atoms with Crippen molar-refractivity contribution >= 4 is 17.9 Å². The molecule has 0 spiro atoms. The standard InChI is InChI=1S/C19H17N3OS/c1-3-8-14(9-4-1)23-18-16-12-7-13-17(16)20-19(21-18)22-24-15-10-5-2-6-11-15/h1-6,8-11H,7,12-13H2,(H,20,21,22). The molecular formula is C19H17N3OS. The van der Waals surface area contributed by atoms with Crippen LogP contribution in [0.4, 0.5) is 5.95 Å². The molecule has 0 bridgehead atoms. The van der Waals surface area contributed by atoms with Gasteiger partial charge < -0.3 is 4.74 Å². The van der Waals surface area contributed by atoms with E-state index in [0.717, 1.165) is 41.2 Å². The minimum atomic E-state index is 0.593. The first-order valence-corrected chi connectivity index (χ1v) is 8.81. The second-order valence-corrected chi connectivity index (χ2v) is 6.44. The van der Waals surface area contributed by atoms with Crippen molar-refractivity contribution in [2.24, 2.45) is 0 Å². The van der Waals surface area contributed by atoms with Gasteiger partial charge in [0, 0.05) is 10.5 Å². The third-order valence-electron chi connectivity index (χ3n) is 3.86. The lowest BCUT2D eigenvalue weighted by molar-refractivity contribution is 0.456. The van der Waals surface area contributed by atoms with Gasteiger partial charge in [0.25, 0.3) is 0 Å². The maximum absolute atomic E-state index is 6.01. The molecule has 1 aromatic heterocycles. The fourth-order valence-corrected chi connectivity index (χ4v) is 3.32. The van der Waals surface area contributed by atoms with Crippen LogP contribution in [0, 0.1) is 0 Å². The van der Waals surface area contributed by atoms with Gasteiger partial charge in [-0.05, 0) is 55.5 Å². The number of ether oxygens (including phenoxy) is 1. The first-order chi connectivity index (χ1) is 11.9. The Hall–Kier alpha value is -2.53. The largest absolute Gasteiger partial charge is 0.439 e. The van der Waals surface area contributed by atoms with Crippen LogP contribution in [0.5, 0.6) is 11.6 Å². The number of para-hydroxylation sites is 1. The Bertz CT molecular complexity index is 825. The van der Waals surface area contributed by atoms with Crippen molar-refractivity contribution in [3.05, 3.63) is 71.9 Å². The van der Waals surface area contributed by atoms with Gasteiger partial charge in [-0.15, -0.1) is 0 Å². The summed E-state index contributed by atoms with van der Waals surface area (Å²) < 4.78 is 9.24. The van der Waals surface area contributed by atoms with Crippen molar-refractivity contribution in [2.45, 2.75) is 24.2 Å². The van der Waals surface area contributed by atoms with E-state index in [4.69, 9.17) is 4.74 Å². The normalized spacial score (nSPS) is 12.7. The van der Waals surface area contributed by atoms with Gasteiger partial charge in [0.05, 0.1) is 5.69 Å². The van der Waals surface area contributed by atoms with Crippen molar-refractivity contribution in [3.63, 3.8) is 0 Å². The van der Waals surface area contributed by atoms with Crippen LogP contribution < -0.4 is 9.46 Å². The van der Waals surface area contributed by atoms with Crippen LogP contribution in [0.15, 0.2) is 65.6 Å². The Kier molecular flexibility index (Phi) is 4.34. The quantitative estimate of drug-likeness (QED) is 0.674. The van der Waals surface area contributed by atoms with Crippen LogP contribution in [0.25, 0.3) is 0 Å². The molecule has 3 aromatic rings. The number of nitrogens with one attached hydrogen (secondary N) is 1. The second-order valence-electron chi connectivity index (χ2n) is 5.56. The molecule has 4 rings (SSSR count). The molecule has 0 saturated heterocycles. The SMILES string of the molecule is c1ccc(Oc2nc(NSc3ccccc3)nc3c2CCC3)cc1. The first kappa shape index (κ1) is 15.0. The average Bonchev–Trinajstić information content (AvgIpc) is 3.11. The summed E-state index contributed by atoms with van der Waals surface area (Å²) in [5.74, 6) is 2.06. The zero-order valence-electron chi connectivity index (χ0n) is 13.1. The van der Waals surface area contributed by atoms with Crippen LogP contribution in [0.2, 0.25) is 0 Å². The molecule has 24 heavy (non-hydrogen) atoms. The highest BCUT2D eigenvalue weighted by atomic mass is 32.2. The van der Waals surface area contributed by atoms with Crippen molar-refractivity contribution in [2.75, 3.05) is 4.72 Å². The van der Waals surface area contributed by atoms with E-state index in [2.05, 4.69) is 14.7 Å². The molecule has 0 unspecified atom stereocenters. The molecule has 0 aliphatic heterocycles. The van der Waals surface area contributed by atoms with Crippen molar-refractivity contribution in [3.8, 4) is 11.6 Å². The van der Waals surface area contributed by atoms with Crippen LogP contribution in [0.3, 0.4) is 0 Å². The monoisotopic (exact) mass is 335 g/mol.